The van der Waals surface area contributed by atoms with Crippen LogP contribution in [0.4, 0.5) is 5.69 Å². The van der Waals surface area contributed by atoms with Crippen LogP contribution in [0.2, 0.25) is 0 Å². The molecule has 0 aliphatic carbocycles. The van der Waals surface area contributed by atoms with Gasteiger partial charge in [0.25, 0.3) is 0 Å². The molecule has 1 aromatic heterocycles. The van der Waals surface area contributed by atoms with Gasteiger partial charge in [-0.1, -0.05) is 15.9 Å². The van der Waals surface area contributed by atoms with E-state index >= 15 is 0 Å². The average molecular weight is 358 g/mol. The fraction of sp³-hybridized carbons (Fsp3) is 0.0588. The van der Waals surface area contributed by atoms with Crippen molar-refractivity contribution >= 4 is 38.8 Å². The molecule has 0 saturated heterocycles. The third-order valence-electron chi connectivity index (χ3n) is 3.30. The van der Waals surface area contributed by atoms with Crippen molar-refractivity contribution in [2.75, 3.05) is 0 Å². The van der Waals surface area contributed by atoms with Crippen LogP contribution in [0.5, 0.6) is 5.75 Å². The molecule has 3 aromatic rings. The highest BCUT2D eigenvalue weighted by atomic mass is 79.9. The maximum Gasteiger partial charge on any atom is 0.336 e. The second kappa shape index (κ2) is 5.77. The Bertz CT molecular complexity index is 927. The SMILES string of the molecule is Cc1cc(=O)oc2c(C=Nc3ccc(Br)cc3)c(O)ccc12. The van der Waals surface area contributed by atoms with Crippen molar-refractivity contribution in [3.05, 3.63) is 68.5 Å². The molecule has 3 rings (SSSR count). The fourth-order valence-electron chi connectivity index (χ4n) is 2.19. The molecule has 2 aromatic carbocycles. The van der Waals surface area contributed by atoms with Gasteiger partial charge < -0.3 is 9.52 Å². The topological polar surface area (TPSA) is 62.8 Å². The summed E-state index contributed by atoms with van der Waals surface area (Å²) >= 11 is 3.36. The maximum absolute atomic E-state index is 11.6. The highest BCUT2D eigenvalue weighted by Gasteiger charge is 2.10. The Labute approximate surface area is 134 Å². The molecule has 0 spiro atoms. The summed E-state index contributed by atoms with van der Waals surface area (Å²) in [6.45, 7) is 1.83. The van der Waals surface area contributed by atoms with E-state index < -0.39 is 5.63 Å². The predicted molar refractivity (Wildman–Crippen MR) is 90.3 cm³/mol. The third-order valence-corrected chi connectivity index (χ3v) is 3.83. The standard InChI is InChI=1S/C17H12BrNO3/c1-10-8-16(21)22-17-13(10)6-7-15(20)14(17)9-19-12-4-2-11(18)3-5-12/h2-9,20H,1H3. The highest BCUT2D eigenvalue weighted by molar-refractivity contribution is 9.10. The molecule has 1 N–H and O–H groups in total. The van der Waals surface area contributed by atoms with Gasteiger partial charge in [-0.15, -0.1) is 0 Å². The molecular formula is C17H12BrNO3. The molecule has 22 heavy (non-hydrogen) atoms. The lowest BCUT2D eigenvalue weighted by molar-refractivity contribution is 0.472. The first-order chi connectivity index (χ1) is 10.5. The Hall–Kier alpha value is -2.40. The quantitative estimate of drug-likeness (QED) is 0.548. The van der Waals surface area contributed by atoms with Crippen molar-refractivity contribution < 1.29 is 9.52 Å². The highest BCUT2D eigenvalue weighted by Crippen LogP contribution is 2.27. The van der Waals surface area contributed by atoms with Crippen LogP contribution < -0.4 is 5.63 Å². The molecule has 0 unspecified atom stereocenters. The smallest absolute Gasteiger partial charge is 0.336 e. The molecule has 0 bridgehead atoms. The molecule has 0 saturated carbocycles. The van der Waals surface area contributed by atoms with Gasteiger partial charge in [0.1, 0.15) is 5.75 Å². The van der Waals surface area contributed by atoms with Crippen molar-refractivity contribution in [3.63, 3.8) is 0 Å². The van der Waals surface area contributed by atoms with Gasteiger partial charge in [-0.3, -0.25) is 4.99 Å². The monoisotopic (exact) mass is 357 g/mol. The van der Waals surface area contributed by atoms with Crippen molar-refractivity contribution in [1.82, 2.24) is 0 Å². The van der Waals surface area contributed by atoms with E-state index in [0.717, 1.165) is 21.1 Å². The third kappa shape index (κ3) is 2.80. The van der Waals surface area contributed by atoms with Crippen molar-refractivity contribution in [2.24, 2.45) is 4.99 Å². The molecule has 1 heterocycles. The van der Waals surface area contributed by atoms with Crippen LogP contribution in [0.25, 0.3) is 11.0 Å². The van der Waals surface area contributed by atoms with Crippen LogP contribution in [0.3, 0.4) is 0 Å². The fourth-order valence-corrected chi connectivity index (χ4v) is 2.45. The van der Waals surface area contributed by atoms with Gasteiger partial charge in [-0.2, -0.15) is 0 Å². The molecule has 0 atom stereocenters. The first-order valence-corrected chi connectivity index (χ1v) is 7.40. The lowest BCUT2D eigenvalue weighted by atomic mass is 10.1. The number of hydrogen-bond donors (Lipinski definition) is 1. The Morgan fingerprint density at radius 1 is 1.18 bits per heavy atom. The molecule has 110 valence electrons. The summed E-state index contributed by atoms with van der Waals surface area (Å²) in [5, 5.41) is 10.8. The number of halogens is 1. The van der Waals surface area contributed by atoms with Gasteiger partial charge in [-0.25, -0.2) is 4.79 Å². The van der Waals surface area contributed by atoms with Gasteiger partial charge in [0.05, 0.1) is 11.3 Å². The minimum atomic E-state index is -0.450. The Morgan fingerprint density at radius 2 is 1.91 bits per heavy atom. The van der Waals surface area contributed by atoms with E-state index in [4.69, 9.17) is 4.42 Å². The average Bonchev–Trinajstić information content (AvgIpc) is 2.47. The number of phenolic OH excluding ortho intramolecular Hbond substituents is 1. The summed E-state index contributed by atoms with van der Waals surface area (Å²) in [7, 11) is 0. The first kappa shape index (κ1) is 14.5. The van der Waals surface area contributed by atoms with Crippen LogP contribution in [-0.2, 0) is 0 Å². The van der Waals surface area contributed by atoms with E-state index in [1.807, 2.05) is 31.2 Å². The Kier molecular flexibility index (Phi) is 3.81. The minimum Gasteiger partial charge on any atom is -0.507 e. The molecule has 0 radical (unpaired) electrons. The normalized spacial score (nSPS) is 11.4. The summed E-state index contributed by atoms with van der Waals surface area (Å²) in [4.78, 5) is 15.9. The van der Waals surface area contributed by atoms with Crippen LogP contribution in [0, 0.1) is 6.92 Å². The van der Waals surface area contributed by atoms with E-state index in [0.29, 0.717) is 11.1 Å². The van der Waals surface area contributed by atoms with E-state index in [-0.39, 0.29) is 5.75 Å². The summed E-state index contributed by atoms with van der Waals surface area (Å²) in [6, 6.07) is 12.1. The number of benzene rings is 2. The van der Waals surface area contributed by atoms with E-state index in [1.165, 1.54) is 12.3 Å². The molecule has 0 fully saturated rings. The second-order valence-electron chi connectivity index (χ2n) is 4.86. The van der Waals surface area contributed by atoms with Crippen LogP contribution in [0.1, 0.15) is 11.1 Å². The zero-order chi connectivity index (χ0) is 15.7. The van der Waals surface area contributed by atoms with Gasteiger partial charge in [0, 0.05) is 22.1 Å². The van der Waals surface area contributed by atoms with Gasteiger partial charge in [0.2, 0.25) is 0 Å². The van der Waals surface area contributed by atoms with Crippen LogP contribution in [0.15, 0.2) is 61.1 Å². The minimum absolute atomic E-state index is 0.0158. The lowest BCUT2D eigenvalue weighted by Crippen LogP contribution is -2.00. The summed E-state index contributed by atoms with van der Waals surface area (Å²) < 4.78 is 6.21. The zero-order valence-electron chi connectivity index (χ0n) is 11.7. The number of phenols is 1. The Balaban J connectivity index is 2.15. The summed E-state index contributed by atoms with van der Waals surface area (Å²) in [6.07, 6.45) is 1.50. The molecular weight excluding hydrogens is 346 g/mol. The van der Waals surface area contributed by atoms with Crippen LogP contribution >= 0.6 is 15.9 Å². The van der Waals surface area contributed by atoms with E-state index in [2.05, 4.69) is 20.9 Å². The predicted octanol–water partition coefficient (Wildman–Crippen LogP) is 4.32. The lowest BCUT2D eigenvalue weighted by Gasteiger charge is -2.05. The number of hydrogen-bond acceptors (Lipinski definition) is 4. The second-order valence-corrected chi connectivity index (χ2v) is 5.77. The molecule has 4 nitrogen and oxygen atoms in total. The van der Waals surface area contributed by atoms with E-state index in [9.17, 15) is 9.90 Å². The van der Waals surface area contributed by atoms with Crippen molar-refractivity contribution in [3.8, 4) is 5.75 Å². The molecule has 5 heteroatoms. The van der Waals surface area contributed by atoms with Gasteiger partial charge in [-0.05, 0) is 48.9 Å². The summed E-state index contributed by atoms with van der Waals surface area (Å²) in [5.41, 5.74) is 1.81. The number of nitrogens with zero attached hydrogens (tertiary/aromatic N) is 1. The van der Waals surface area contributed by atoms with E-state index in [1.54, 1.807) is 12.1 Å². The number of aromatic hydroxyl groups is 1. The van der Waals surface area contributed by atoms with Gasteiger partial charge >= 0.3 is 5.63 Å². The van der Waals surface area contributed by atoms with Crippen molar-refractivity contribution in [2.45, 2.75) is 6.92 Å². The molecule has 0 aliphatic heterocycles. The zero-order valence-corrected chi connectivity index (χ0v) is 13.3. The molecule has 0 aliphatic rings. The number of aliphatic imine (C=N–C) groups is 1. The molecule has 0 amide bonds. The van der Waals surface area contributed by atoms with Gasteiger partial charge in [0.15, 0.2) is 5.58 Å². The van der Waals surface area contributed by atoms with Crippen molar-refractivity contribution in [1.29, 1.82) is 0 Å². The van der Waals surface area contributed by atoms with Crippen LogP contribution in [-0.4, -0.2) is 11.3 Å². The number of rotatable bonds is 2. The maximum atomic E-state index is 11.6. The Morgan fingerprint density at radius 3 is 2.64 bits per heavy atom. The largest absolute Gasteiger partial charge is 0.507 e. The summed E-state index contributed by atoms with van der Waals surface area (Å²) in [5.74, 6) is 0.0158. The first-order valence-electron chi connectivity index (χ1n) is 6.60. The number of fused-ring (bicyclic) bond motifs is 1. The number of aryl methyl sites for hydroxylation is 1.